The highest BCUT2D eigenvalue weighted by molar-refractivity contribution is 9.10. The van der Waals surface area contributed by atoms with Gasteiger partial charge in [0.2, 0.25) is 0 Å². The number of nitrogens with one attached hydrogen (secondary N) is 1. The average molecular weight is 306 g/mol. The maximum Gasteiger partial charge on any atom is 0.0746 e. The molecule has 1 rings (SSSR count). The van der Waals surface area contributed by atoms with Crippen molar-refractivity contribution in [2.45, 2.75) is 39.3 Å². The van der Waals surface area contributed by atoms with Crippen molar-refractivity contribution >= 4 is 27.3 Å². The Morgan fingerprint density at radius 3 is 2.75 bits per heavy atom. The molecule has 0 aliphatic carbocycles. The van der Waals surface area contributed by atoms with Crippen molar-refractivity contribution in [3.05, 3.63) is 20.8 Å². The molecule has 0 saturated carbocycles. The molecule has 92 valence electrons. The van der Waals surface area contributed by atoms with Crippen LogP contribution in [0.2, 0.25) is 0 Å². The van der Waals surface area contributed by atoms with E-state index in [-0.39, 0.29) is 0 Å². The first-order valence-electron chi connectivity index (χ1n) is 5.55. The summed E-state index contributed by atoms with van der Waals surface area (Å²) in [5.41, 5.74) is -0.608. The first-order valence-corrected chi connectivity index (χ1v) is 7.22. The zero-order valence-corrected chi connectivity index (χ0v) is 12.5. The van der Waals surface area contributed by atoms with Gasteiger partial charge in [-0.2, -0.15) is 0 Å². The fourth-order valence-corrected chi connectivity index (χ4v) is 3.27. The van der Waals surface area contributed by atoms with Crippen molar-refractivity contribution in [3.8, 4) is 0 Å². The van der Waals surface area contributed by atoms with E-state index in [4.69, 9.17) is 0 Å². The molecule has 0 spiro atoms. The monoisotopic (exact) mass is 305 g/mol. The van der Waals surface area contributed by atoms with Crippen molar-refractivity contribution in [2.75, 3.05) is 6.54 Å². The molecule has 1 heterocycles. The summed E-state index contributed by atoms with van der Waals surface area (Å²) in [7, 11) is 0. The normalized spacial score (nSPS) is 15.4. The average Bonchev–Trinajstić information content (AvgIpc) is 2.48. The summed E-state index contributed by atoms with van der Waals surface area (Å²) in [6, 6.07) is 2.11. The number of halogens is 1. The van der Waals surface area contributed by atoms with Gasteiger partial charge in [0.1, 0.15) is 0 Å². The molecular formula is C12H20BrNOS. The third-order valence-electron chi connectivity index (χ3n) is 2.27. The van der Waals surface area contributed by atoms with Crippen molar-refractivity contribution in [1.29, 1.82) is 0 Å². The van der Waals surface area contributed by atoms with Crippen LogP contribution in [-0.2, 0) is 6.54 Å². The summed E-state index contributed by atoms with van der Waals surface area (Å²) < 4.78 is 1.13. The van der Waals surface area contributed by atoms with E-state index in [9.17, 15) is 5.11 Å². The summed E-state index contributed by atoms with van der Waals surface area (Å²) >= 11 is 5.15. The van der Waals surface area contributed by atoms with Gasteiger partial charge in [-0.3, -0.25) is 0 Å². The van der Waals surface area contributed by atoms with E-state index in [0.29, 0.717) is 12.5 Å². The lowest BCUT2D eigenvalue weighted by Crippen LogP contribution is -2.38. The molecule has 0 fully saturated rings. The second-order valence-corrected chi connectivity index (χ2v) is 6.84. The summed E-state index contributed by atoms with van der Waals surface area (Å²) in [6.07, 6.45) is 0.828. The maximum absolute atomic E-state index is 10.1. The zero-order valence-electron chi connectivity index (χ0n) is 10.1. The fourth-order valence-electron chi connectivity index (χ4n) is 1.85. The largest absolute Gasteiger partial charge is 0.389 e. The molecule has 0 radical (unpaired) electrons. The first-order chi connectivity index (χ1) is 7.39. The lowest BCUT2D eigenvalue weighted by atomic mass is 9.94. The molecule has 0 saturated heterocycles. The van der Waals surface area contributed by atoms with Crippen LogP contribution in [0.15, 0.2) is 15.9 Å². The molecule has 2 N–H and O–H groups in total. The third kappa shape index (κ3) is 5.43. The number of hydrogen-bond donors (Lipinski definition) is 2. The maximum atomic E-state index is 10.1. The van der Waals surface area contributed by atoms with Gasteiger partial charge >= 0.3 is 0 Å². The summed E-state index contributed by atoms with van der Waals surface area (Å²) in [5.74, 6) is 0.521. The van der Waals surface area contributed by atoms with E-state index in [0.717, 1.165) is 17.4 Å². The van der Waals surface area contributed by atoms with Gasteiger partial charge in [0.05, 0.1) is 5.60 Å². The second-order valence-electron chi connectivity index (χ2n) is 4.93. The number of aliphatic hydroxyl groups is 1. The van der Waals surface area contributed by atoms with Crippen LogP contribution in [0.3, 0.4) is 0 Å². The van der Waals surface area contributed by atoms with E-state index < -0.39 is 5.60 Å². The number of thiophene rings is 1. The Morgan fingerprint density at radius 2 is 2.25 bits per heavy atom. The highest BCUT2D eigenvalue weighted by Gasteiger charge is 2.21. The van der Waals surface area contributed by atoms with Crippen molar-refractivity contribution < 1.29 is 5.11 Å². The minimum atomic E-state index is -0.608. The SMILES string of the molecule is CC(C)CC(C)(O)CNCc1cc(Br)cs1. The molecule has 1 atom stereocenters. The molecule has 1 aromatic rings. The molecule has 0 amide bonds. The first kappa shape index (κ1) is 14.2. The van der Waals surface area contributed by atoms with E-state index in [2.05, 4.69) is 46.5 Å². The zero-order chi connectivity index (χ0) is 12.2. The molecule has 16 heavy (non-hydrogen) atoms. The minimum absolute atomic E-state index is 0.521. The van der Waals surface area contributed by atoms with Crippen LogP contribution < -0.4 is 5.32 Å². The summed E-state index contributed by atoms with van der Waals surface area (Å²) in [6.45, 7) is 7.62. The smallest absolute Gasteiger partial charge is 0.0746 e. The van der Waals surface area contributed by atoms with Crippen LogP contribution in [0.4, 0.5) is 0 Å². The van der Waals surface area contributed by atoms with Crippen LogP contribution in [0, 0.1) is 5.92 Å². The number of rotatable bonds is 6. The predicted molar refractivity (Wildman–Crippen MR) is 73.8 cm³/mol. The van der Waals surface area contributed by atoms with Gasteiger partial charge in [-0.05, 0) is 41.3 Å². The molecular weight excluding hydrogens is 286 g/mol. The Bertz CT molecular complexity index is 323. The van der Waals surface area contributed by atoms with Crippen LogP contribution in [0.1, 0.15) is 32.1 Å². The molecule has 1 aromatic heterocycles. The van der Waals surface area contributed by atoms with E-state index in [1.165, 1.54) is 4.88 Å². The van der Waals surface area contributed by atoms with Gasteiger partial charge < -0.3 is 10.4 Å². The van der Waals surface area contributed by atoms with Gasteiger partial charge in [-0.25, -0.2) is 0 Å². The van der Waals surface area contributed by atoms with E-state index >= 15 is 0 Å². The highest BCUT2D eigenvalue weighted by atomic mass is 79.9. The van der Waals surface area contributed by atoms with Crippen LogP contribution in [0.5, 0.6) is 0 Å². The Morgan fingerprint density at radius 1 is 1.56 bits per heavy atom. The van der Waals surface area contributed by atoms with Crippen LogP contribution >= 0.6 is 27.3 Å². The van der Waals surface area contributed by atoms with Gasteiger partial charge in [0, 0.05) is 27.8 Å². The quantitative estimate of drug-likeness (QED) is 0.844. The van der Waals surface area contributed by atoms with Crippen LogP contribution in [-0.4, -0.2) is 17.3 Å². The fraction of sp³-hybridized carbons (Fsp3) is 0.667. The molecule has 0 aromatic carbocycles. The molecule has 1 unspecified atom stereocenters. The highest BCUT2D eigenvalue weighted by Crippen LogP contribution is 2.20. The summed E-state index contributed by atoms with van der Waals surface area (Å²) in [4.78, 5) is 1.28. The van der Waals surface area contributed by atoms with Gasteiger partial charge in [-0.15, -0.1) is 11.3 Å². The molecule has 0 aliphatic heterocycles. The lowest BCUT2D eigenvalue weighted by molar-refractivity contribution is 0.0384. The second kappa shape index (κ2) is 6.15. The van der Waals surface area contributed by atoms with Gasteiger partial charge in [0.25, 0.3) is 0 Å². The Labute approximate surface area is 110 Å². The Hall–Kier alpha value is 0.1000. The lowest BCUT2D eigenvalue weighted by Gasteiger charge is -2.25. The van der Waals surface area contributed by atoms with Crippen molar-refractivity contribution in [3.63, 3.8) is 0 Å². The minimum Gasteiger partial charge on any atom is -0.389 e. The van der Waals surface area contributed by atoms with Crippen molar-refractivity contribution in [2.24, 2.45) is 5.92 Å². The van der Waals surface area contributed by atoms with Crippen LogP contribution in [0.25, 0.3) is 0 Å². The predicted octanol–water partition coefficient (Wildman–Crippen LogP) is 3.40. The molecule has 0 aliphatic rings. The van der Waals surface area contributed by atoms with E-state index in [1.807, 2.05) is 6.92 Å². The van der Waals surface area contributed by atoms with Gasteiger partial charge in [0.15, 0.2) is 0 Å². The topological polar surface area (TPSA) is 32.3 Å². The molecule has 4 heteroatoms. The number of hydrogen-bond acceptors (Lipinski definition) is 3. The molecule has 0 bridgehead atoms. The summed E-state index contributed by atoms with van der Waals surface area (Å²) in [5, 5.41) is 15.5. The van der Waals surface area contributed by atoms with Crippen molar-refractivity contribution in [1.82, 2.24) is 5.32 Å². The van der Waals surface area contributed by atoms with Gasteiger partial charge in [-0.1, -0.05) is 13.8 Å². The van der Waals surface area contributed by atoms with E-state index in [1.54, 1.807) is 11.3 Å². The third-order valence-corrected chi connectivity index (χ3v) is 3.97. The Balaban J connectivity index is 2.29. The molecule has 2 nitrogen and oxygen atoms in total. The Kier molecular flexibility index (Phi) is 5.44. The standard InChI is InChI=1S/C12H20BrNOS/c1-9(2)5-12(3,15)8-14-6-11-4-10(13)7-16-11/h4,7,9,14-15H,5-6,8H2,1-3H3.